The van der Waals surface area contributed by atoms with E-state index in [0.29, 0.717) is 5.82 Å². The van der Waals surface area contributed by atoms with Crippen LogP contribution in [0, 0.1) is 0 Å². The largest absolute Gasteiger partial charge is 0.457 e. The maximum atomic E-state index is 6.89. The first-order chi connectivity index (χ1) is 28.2. The molecule has 0 bridgehead atoms. The van der Waals surface area contributed by atoms with Gasteiger partial charge in [-0.1, -0.05) is 164 Å². The quantitative estimate of drug-likeness (QED) is 0.180. The Morgan fingerprint density at radius 2 is 0.965 bits per heavy atom. The molecule has 8 aromatic carbocycles. The highest BCUT2D eigenvalue weighted by molar-refractivity contribution is 7.25. The number of fused-ring (bicyclic) bond motifs is 12. The lowest BCUT2D eigenvalue weighted by molar-refractivity contribution is 0.436. The zero-order chi connectivity index (χ0) is 37.5. The van der Waals surface area contributed by atoms with Crippen LogP contribution in [-0.4, -0.2) is 9.97 Å². The summed E-state index contributed by atoms with van der Waals surface area (Å²) in [6.07, 6.45) is 0. The molecule has 0 radical (unpaired) electrons. The van der Waals surface area contributed by atoms with Crippen molar-refractivity contribution in [2.24, 2.45) is 0 Å². The molecule has 1 aliphatic carbocycles. The van der Waals surface area contributed by atoms with Gasteiger partial charge in [-0.3, -0.25) is 0 Å². The monoisotopic (exact) mass is 744 g/mol. The zero-order valence-corrected chi connectivity index (χ0v) is 31.5. The van der Waals surface area contributed by atoms with Crippen molar-refractivity contribution in [3.05, 3.63) is 216 Å². The second-order valence-corrected chi connectivity index (χ2v) is 15.9. The molecule has 0 fully saturated rings. The summed E-state index contributed by atoms with van der Waals surface area (Å²) in [5.74, 6) is 2.43. The number of thiophene rings is 1. The van der Waals surface area contributed by atoms with Crippen LogP contribution < -0.4 is 4.74 Å². The first-order valence-corrected chi connectivity index (χ1v) is 20.1. The van der Waals surface area contributed by atoms with Gasteiger partial charge in [0.05, 0.1) is 16.8 Å². The van der Waals surface area contributed by atoms with Crippen molar-refractivity contribution in [1.29, 1.82) is 0 Å². The molecule has 12 rings (SSSR count). The van der Waals surface area contributed by atoms with Gasteiger partial charge in [0.25, 0.3) is 0 Å². The smallest absolute Gasteiger partial charge is 0.160 e. The van der Waals surface area contributed by atoms with E-state index in [-0.39, 0.29) is 0 Å². The van der Waals surface area contributed by atoms with Gasteiger partial charge < -0.3 is 4.74 Å². The topological polar surface area (TPSA) is 35.0 Å². The lowest BCUT2D eigenvalue weighted by Crippen LogP contribution is -2.32. The third-order valence-electron chi connectivity index (χ3n) is 11.8. The van der Waals surface area contributed by atoms with Crippen molar-refractivity contribution in [3.8, 4) is 67.7 Å². The first-order valence-electron chi connectivity index (χ1n) is 19.3. The Balaban J connectivity index is 1.04. The normalized spacial score (nSPS) is 13.2. The summed E-state index contributed by atoms with van der Waals surface area (Å²) >= 11 is 1.82. The van der Waals surface area contributed by atoms with Crippen molar-refractivity contribution in [1.82, 2.24) is 9.97 Å². The summed E-state index contributed by atoms with van der Waals surface area (Å²) in [5.41, 5.74) is 13.9. The van der Waals surface area contributed by atoms with Crippen LogP contribution in [0.15, 0.2) is 194 Å². The van der Waals surface area contributed by atoms with E-state index in [9.17, 15) is 0 Å². The lowest BCUT2D eigenvalue weighted by atomic mass is 9.66. The molecule has 3 nitrogen and oxygen atoms in total. The third-order valence-corrected chi connectivity index (χ3v) is 12.9. The summed E-state index contributed by atoms with van der Waals surface area (Å²) in [7, 11) is 0. The molecule has 4 heteroatoms. The highest BCUT2D eigenvalue weighted by Gasteiger charge is 2.50. The van der Waals surface area contributed by atoms with Gasteiger partial charge in [-0.25, -0.2) is 9.97 Å². The molecule has 10 aromatic rings. The van der Waals surface area contributed by atoms with E-state index < -0.39 is 5.41 Å². The Morgan fingerprint density at radius 1 is 0.368 bits per heavy atom. The van der Waals surface area contributed by atoms with E-state index >= 15 is 0 Å². The number of rotatable bonds is 4. The number of hydrogen-bond donors (Lipinski definition) is 0. The van der Waals surface area contributed by atoms with Crippen LogP contribution in [0.4, 0.5) is 0 Å². The molecular formula is C53H32N2OS. The Hall–Kier alpha value is -7.14. The van der Waals surface area contributed by atoms with Crippen LogP contribution in [0.25, 0.3) is 76.3 Å². The van der Waals surface area contributed by atoms with Crippen molar-refractivity contribution >= 4 is 31.5 Å². The minimum atomic E-state index is -0.503. The predicted octanol–water partition coefficient (Wildman–Crippen LogP) is 14.0. The van der Waals surface area contributed by atoms with Crippen LogP contribution in [0.1, 0.15) is 22.3 Å². The Labute approximate surface area is 334 Å². The van der Waals surface area contributed by atoms with Crippen LogP contribution in [-0.2, 0) is 5.41 Å². The predicted molar refractivity (Wildman–Crippen MR) is 234 cm³/mol. The van der Waals surface area contributed by atoms with Gasteiger partial charge >= 0.3 is 0 Å². The van der Waals surface area contributed by atoms with Gasteiger partial charge in [0.1, 0.15) is 11.5 Å². The molecule has 0 saturated heterocycles. The number of nitrogens with zero attached hydrogens (tertiary/aromatic N) is 2. The van der Waals surface area contributed by atoms with Crippen LogP contribution in [0.5, 0.6) is 11.5 Å². The third kappa shape index (κ3) is 4.78. The Bertz CT molecular complexity index is 3190. The van der Waals surface area contributed by atoms with E-state index in [4.69, 9.17) is 14.7 Å². The average molecular weight is 745 g/mol. The van der Waals surface area contributed by atoms with Crippen molar-refractivity contribution in [3.63, 3.8) is 0 Å². The summed E-state index contributed by atoms with van der Waals surface area (Å²) in [6.45, 7) is 0. The Kier molecular flexibility index (Phi) is 7.01. The fourth-order valence-electron chi connectivity index (χ4n) is 9.32. The fourth-order valence-corrected chi connectivity index (χ4v) is 10.5. The van der Waals surface area contributed by atoms with E-state index in [1.54, 1.807) is 0 Å². The molecule has 0 N–H and O–H groups in total. The van der Waals surface area contributed by atoms with E-state index in [2.05, 4.69) is 176 Å². The average Bonchev–Trinajstić information content (AvgIpc) is 3.80. The molecule has 0 atom stereocenters. The number of hydrogen-bond acceptors (Lipinski definition) is 4. The van der Waals surface area contributed by atoms with Gasteiger partial charge in [0, 0.05) is 48.0 Å². The molecular weight excluding hydrogens is 713 g/mol. The van der Waals surface area contributed by atoms with Gasteiger partial charge in [0.15, 0.2) is 5.82 Å². The van der Waals surface area contributed by atoms with Crippen LogP contribution >= 0.6 is 11.3 Å². The highest BCUT2D eigenvalue weighted by atomic mass is 32.1. The SMILES string of the molecule is c1ccc(-c2nc(-c3ccc4c(c3)sc3ccccc34)cc(-c3ccccc3-c3ccc4c(c3)Oc3ccccc3C43c4ccccc4-c4ccccc43)n2)cc1. The number of benzene rings is 8. The molecule has 2 aliphatic rings. The highest BCUT2D eigenvalue weighted by Crippen LogP contribution is 2.62. The fraction of sp³-hybridized carbons (Fsp3) is 0.0189. The molecule has 1 aliphatic heterocycles. The van der Waals surface area contributed by atoms with Gasteiger partial charge in [0.2, 0.25) is 0 Å². The summed E-state index contributed by atoms with van der Waals surface area (Å²) in [5, 5.41) is 2.56. The molecule has 2 aromatic heterocycles. The summed E-state index contributed by atoms with van der Waals surface area (Å²) in [4.78, 5) is 10.5. The molecule has 3 heterocycles. The maximum Gasteiger partial charge on any atom is 0.160 e. The minimum absolute atomic E-state index is 0.503. The zero-order valence-electron chi connectivity index (χ0n) is 30.7. The Morgan fingerprint density at radius 3 is 1.77 bits per heavy atom. The molecule has 1 spiro atoms. The number of ether oxygens (including phenoxy) is 1. The standard InChI is InChI=1S/C53H32N2OS/c1-2-14-33(15-3-1)52-54-46(35-26-28-41-40-20-8-13-25-50(40)57-51(41)31-35)32-47(55-52)39-19-5-4-16-36(39)34-27-29-45-49(30-34)56-48-24-12-11-23-44(48)53(45)42-21-9-6-17-37(42)38-18-7-10-22-43(38)53/h1-32H. The number of aromatic nitrogens is 2. The van der Waals surface area contributed by atoms with Gasteiger partial charge in [-0.15, -0.1) is 11.3 Å². The van der Waals surface area contributed by atoms with Crippen molar-refractivity contribution in [2.45, 2.75) is 5.41 Å². The minimum Gasteiger partial charge on any atom is -0.457 e. The number of para-hydroxylation sites is 1. The second-order valence-electron chi connectivity index (χ2n) is 14.8. The van der Waals surface area contributed by atoms with Gasteiger partial charge in [-0.05, 0) is 63.7 Å². The first kappa shape index (κ1) is 32.1. The molecule has 0 amide bonds. The van der Waals surface area contributed by atoms with E-state index in [1.807, 2.05) is 29.5 Å². The van der Waals surface area contributed by atoms with Crippen molar-refractivity contribution in [2.75, 3.05) is 0 Å². The molecule has 57 heavy (non-hydrogen) atoms. The lowest BCUT2D eigenvalue weighted by Gasteiger charge is -2.39. The van der Waals surface area contributed by atoms with Gasteiger partial charge in [-0.2, -0.15) is 0 Å². The summed E-state index contributed by atoms with van der Waals surface area (Å²) < 4.78 is 9.42. The van der Waals surface area contributed by atoms with Crippen LogP contribution in [0.2, 0.25) is 0 Å². The molecule has 0 saturated carbocycles. The summed E-state index contributed by atoms with van der Waals surface area (Å²) in [6, 6.07) is 69.3. The van der Waals surface area contributed by atoms with E-state index in [1.165, 1.54) is 48.0 Å². The van der Waals surface area contributed by atoms with Crippen LogP contribution in [0.3, 0.4) is 0 Å². The van der Waals surface area contributed by atoms with E-state index in [0.717, 1.165) is 56.3 Å². The second kappa shape index (κ2) is 12.4. The maximum absolute atomic E-state index is 6.89. The molecule has 266 valence electrons. The van der Waals surface area contributed by atoms with Crippen molar-refractivity contribution < 1.29 is 4.74 Å². The molecule has 0 unspecified atom stereocenters.